The first-order valence-corrected chi connectivity index (χ1v) is 8.33. The zero-order valence-electron chi connectivity index (χ0n) is 13.3. The predicted molar refractivity (Wildman–Crippen MR) is 81.9 cm³/mol. The number of rotatable bonds is 12. The van der Waals surface area contributed by atoms with Crippen molar-refractivity contribution in [3.05, 3.63) is 0 Å². The van der Waals surface area contributed by atoms with Crippen LogP contribution in [0.15, 0.2) is 0 Å². The van der Waals surface area contributed by atoms with E-state index in [0.717, 1.165) is 25.7 Å². The van der Waals surface area contributed by atoms with Crippen LogP contribution in [0.5, 0.6) is 0 Å². The lowest BCUT2D eigenvalue weighted by atomic mass is 9.78. The molecule has 1 unspecified atom stereocenters. The van der Waals surface area contributed by atoms with Gasteiger partial charge in [0.05, 0.1) is 5.60 Å². The number of hydrogen-bond acceptors (Lipinski definition) is 1. The third-order valence-corrected chi connectivity index (χ3v) is 4.27. The minimum Gasteiger partial charge on any atom is -0.390 e. The van der Waals surface area contributed by atoms with E-state index in [1.54, 1.807) is 0 Å². The summed E-state index contributed by atoms with van der Waals surface area (Å²) in [6, 6.07) is 0. The summed E-state index contributed by atoms with van der Waals surface area (Å²) in [5.74, 6) is 0.462. The van der Waals surface area contributed by atoms with Gasteiger partial charge < -0.3 is 5.11 Å². The molecule has 0 aromatic carbocycles. The second kappa shape index (κ2) is 10.8. The highest BCUT2D eigenvalue weighted by atomic mass is 16.3. The molecule has 1 heteroatoms. The van der Waals surface area contributed by atoms with Gasteiger partial charge in [0.25, 0.3) is 0 Å². The standard InChI is InChI=1S/C17H36O/c1-5-8-9-10-11-12-13-16(4)17(18,14-6-2)15-7-3/h16,18H,5-15H2,1-4H3. The van der Waals surface area contributed by atoms with Crippen molar-refractivity contribution in [1.82, 2.24) is 0 Å². The van der Waals surface area contributed by atoms with E-state index in [0.29, 0.717) is 5.92 Å². The molecule has 1 N–H and O–H groups in total. The molecule has 0 saturated heterocycles. The lowest BCUT2D eigenvalue weighted by Crippen LogP contribution is -2.36. The van der Waals surface area contributed by atoms with E-state index in [-0.39, 0.29) is 0 Å². The van der Waals surface area contributed by atoms with E-state index < -0.39 is 5.60 Å². The average Bonchev–Trinajstić information content (AvgIpc) is 2.34. The van der Waals surface area contributed by atoms with Crippen molar-refractivity contribution in [3.63, 3.8) is 0 Å². The fraction of sp³-hybridized carbons (Fsp3) is 1.00. The zero-order chi connectivity index (χ0) is 13.9. The first-order valence-electron chi connectivity index (χ1n) is 8.33. The summed E-state index contributed by atoms with van der Waals surface area (Å²) in [6.07, 6.45) is 13.4. The monoisotopic (exact) mass is 256 g/mol. The van der Waals surface area contributed by atoms with Crippen molar-refractivity contribution in [2.24, 2.45) is 5.92 Å². The smallest absolute Gasteiger partial charge is 0.0673 e. The summed E-state index contributed by atoms with van der Waals surface area (Å²) in [4.78, 5) is 0. The Hall–Kier alpha value is -0.0400. The van der Waals surface area contributed by atoms with E-state index >= 15 is 0 Å². The third-order valence-electron chi connectivity index (χ3n) is 4.27. The van der Waals surface area contributed by atoms with E-state index in [1.165, 1.54) is 44.9 Å². The Kier molecular flexibility index (Phi) is 10.8. The van der Waals surface area contributed by atoms with Crippen LogP contribution in [-0.2, 0) is 0 Å². The highest BCUT2D eigenvalue weighted by Gasteiger charge is 2.31. The van der Waals surface area contributed by atoms with Crippen LogP contribution in [0, 0.1) is 5.92 Å². The second-order valence-electron chi connectivity index (χ2n) is 6.06. The van der Waals surface area contributed by atoms with Crippen molar-refractivity contribution >= 4 is 0 Å². The van der Waals surface area contributed by atoms with Gasteiger partial charge in [-0.1, -0.05) is 79.1 Å². The number of unbranched alkanes of at least 4 members (excludes halogenated alkanes) is 5. The van der Waals surface area contributed by atoms with E-state index in [2.05, 4.69) is 27.7 Å². The van der Waals surface area contributed by atoms with E-state index in [1.807, 2.05) is 0 Å². The Morgan fingerprint density at radius 3 is 1.78 bits per heavy atom. The minimum atomic E-state index is -0.396. The van der Waals surface area contributed by atoms with Crippen LogP contribution in [0.2, 0.25) is 0 Å². The number of hydrogen-bond donors (Lipinski definition) is 1. The Balaban J connectivity index is 3.84. The lowest BCUT2D eigenvalue weighted by Gasteiger charge is -2.34. The fourth-order valence-corrected chi connectivity index (χ4v) is 2.98. The van der Waals surface area contributed by atoms with Gasteiger partial charge in [-0.3, -0.25) is 0 Å². The molecular formula is C17H36O. The van der Waals surface area contributed by atoms with Crippen LogP contribution in [-0.4, -0.2) is 10.7 Å². The van der Waals surface area contributed by atoms with Crippen LogP contribution in [0.25, 0.3) is 0 Å². The van der Waals surface area contributed by atoms with Crippen LogP contribution in [0.4, 0.5) is 0 Å². The molecule has 0 aliphatic heterocycles. The maximum Gasteiger partial charge on any atom is 0.0673 e. The number of aliphatic hydroxyl groups is 1. The van der Waals surface area contributed by atoms with Gasteiger partial charge in [0.15, 0.2) is 0 Å². The van der Waals surface area contributed by atoms with Crippen LogP contribution in [0.1, 0.15) is 98.3 Å². The molecule has 1 nitrogen and oxygen atoms in total. The Morgan fingerprint density at radius 1 is 0.778 bits per heavy atom. The minimum absolute atomic E-state index is 0.396. The highest BCUT2D eigenvalue weighted by molar-refractivity contribution is 4.83. The molecule has 0 aliphatic carbocycles. The second-order valence-corrected chi connectivity index (χ2v) is 6.06. The Labute approximate surface area is 115 Å². The molecule has 0 aliphatic rings. The van der Waals surface area contributed by atoms with Gasteiger partial charge in [-0.05, 0) is 25.2 Å². The van der Waals surface area contributed by atoms with Crippen molar-refractivity contribution in [3.8, 4) is 0 Å². The van der Waals surface area contributed by atoms with Gasteiger partial charge in [-0.25, -0.2) is 0 Å². The largest absolute Gasteiger partial charge is 0.390 e. The maximum absolute atomic E-state index is 10.7. The van der Waals surface area contributed by atoms with Gasteiger partial charge >= 0.3 is 0 Å². The van der Waals surface area contributed by atoms with Crippen LogP contribution >= 0.6 is 0 Å². The molecule has 18 heavy (non-hydrogen) atoms. The normalized spacial score (nSPS) is 13.8. The van der Waals surface area contributed by atoms with Crippen molar-refractivity contribution in [2.75, 3.05) is 0 Å². The topological polar surface area (TPSA) is 20.2 Å². The van der Waals surface area contributed by atoms with Gasteiger partial charge in [-0.15, -0.1) is 0 Å². The Morgan fingerprint density at radius 2 is 1.28 bits per heavy atom. The van der Waals surface area contributed by atoms with E-state index in [9.17, 15) is 5.11 Å². The summed E-state index contributed by atoms with van der Waals surface area (Å²) in [5, 5.41) is 10.7. The third kappa shape index (κ3) is 7.41. The summed E-state index contributed by atoms with van der Waals surface area (Å²) < 4.78 is 0. The molecular weight excluding hydrogens is 220 g/mol. The lowest BCUT2D eigenvalue weighted by molar-refractivity contribution is -0.0321. The summed E-state index contributed by atoms with van der Waals surface area (Å²) in [5.41, 5.74) is -0.396. The molecule has 1 atom stereocenters. The van der Waals surface area contributed by atoms with Gasteiger partial charge in [0.1, 0.15) is 0 Å². The maximum atomic E-state index is 10.7. The molecule has 0 saturated carbocycles. The fourth-order valence-electron chi connectivity index (χ4n) is 2.98. The van der Waals surface area contributed by atoms with Gasteiger partial charge in [-0.2, -0.15) is 0 Å². The summed E-state index contributed by atoms with van der Waals surface area (Å²) in [7, 11) is 0. The van der Waals surface area contributed by atoms with Crippen molar-refractivity contribution in [2.45, 2.75) is 104 Å². The highest BCUT2D eigenvalue weighted by Crippen LogP contribution is 2.31. The molecule has 110 valence electrons. The SMILES string of the molecule is CCCCCCCCC(C)C(O)(CCC)CCC. The molecule has 0 rings (SSSR count). The molecule has 0 fully saturated rings. The molecule has 0 aromatic heterocycles. The van der Waals surface area contributed by atoms with Crippen LogP contribution in [0.3, 0.4) is 0 Å². The van der Waals surface area contributed by atoms with Gasteiger partial charge in [0.2, 0.25) is 0 Å². The molecule has 0 bridgehead atoms. The van der Waals surface area contributed by atoms with Crippen molar-refractivity contribution in [1.29, 1.82) is 0 Å². The molecule has 0 aromatic rings. The molecule has 0 radical (unpaired) electrons. The van der Waals surface area contributed by atoms with E-state index in [4.69, 9.17) is 0 Å². The van der Waals surface area contributed by atoms with Crippen molar-refractivity contribution < 1.29 is 5.11 Å². The molecule has 0 amide bonds. The predicted octanol–water partition coefficient (Wildman–Crippen LogP) is 5.70. The zero-order valence-corrected chi connectivity index (χ0v) is 13.3. The quantitative estimate of drug-likeness (QED) is 0.444. The van der Waals surface area contributed by atoms with Gasteiger partial charge in [0, 0.05) is 0 Å². The average molecular weight is 256 g/mol. The van der Waals surface area contributed by atoms with Crippen LogP contribution < -0.4 is 0 Å². The summed E-state index contributed by atoms with van der Waals surface area (Å²) >= 11 is 0. The summed E-state index contributed by atoms with van der Waals surface area (Å²) in [6.45, 7) is 8.87. The first-order chi connectivity index (χ1) is 8.60. The Bertz CT molecular complexity index is 170. The first kappa shape index (κ1) is 18.0. The molecule has 0 spiro atoms. The molecule has 0 heterocycles.